The van der Waals surface area contributed by atoms with E-state index < -0.39 is 6.29 Å². The number of carbonyl (C=O) groups excluding carboxylic acids is 1. The molecule has 1 aromatic heterocycles. The Kier molecular flexibility index (Phi) is 8.21. The molecule has 0 bridgehead atoms. The number of nitrogens with zero attached hydrogens (tertiary/aromatic N) is 3. The van der Waals surface area contributed by atoms with Gasteiger partial charge in [-0.3, -0.25) is 20.2 Å². The Labute approximate surface area is 227 Å². The highest BCUT2D eigenvalue weighted by Crippen LogP contribution is 2.28. The van der Waals surface area contributed by atoms with Crippen molar-refractivity contribution in [1.82, 2.24) is 14.8 Å². The second-order valence-electron chi connectivity index (χ2n) is 9.36. The summed E-state index contributed by atoms with van der Waals surface area (Å²) in [4.78, 5) is 27.5. The third kappa shape index (κ3) is 6.12. The topological polar surface area (TPSA) is 96.4 Å². The molecule has 9 nitrogen and oxygen atoms in total. The minimum Gasteiger partial charge on any atom is -0.504 e. The van der Waals surface area contributed by atoms with Crippen LogP contribution in [0.15, 0.2) is 79.0 Å². The Balaban J connectivity index is 1.14. The number of hydrogen-bond donors (Lipinski definition) is 2. The van der Waals surface area contributed by atoms with Gasteiger partial charge in [0.05, 0.1) is 18.3 Å². The van der Waals surface area contributed by atoms with Gasteiger partial charge in [0, 0.05) is 62.5 Å². The largest absolute Gasteiger partial charge is 0.504 e. The maximum absolute atomic E-state index is 13.1. The van der Waals surface area contributed by atoms with Gasteiger partial charge in [-0.25, -0.2) is 4.84 Å². The van der Waals surface area contributed by atoms with Gasteiger partial charge in [-0.1, -0.05) is 30.3 Å². The zero-order chi connectivity index (χ0) is 27.2. The van der Waals surface area contributed by atoms with E-state index in [2.05, 4.69) is 15.4 Å². The molecule has 1 aliphatic heterocycles. The molecule has 3 aromatic carbocycles. The summed E-state index contributed by atoms with van der Waals surface area (Å²) in [6.45, 7) is 3.50. The molecular weight excluding hydrogens is 496 g/mol. The Bertz CT molecular complexity index is 1420. The number of carbonyl (C=O) groups is 1. The lowest BCUT2D eigenvalue weighted by molar-refractivity contribution is -0.105. The smallest absolute Gasteiger partial charge is 0.253 e. The molecule has 202 valence electrons. The summed E-state index contributed by atoms with van der Waals surface area (Å²) in [5.74, 6) is 0.596. The molecule has 1 atom stereocenters. The number of pyridine rings is 1. The SMILES string of the molecule is COc1ccc(CN2CCN(C(=O)c3ccc(NOC(OC)c4cccc5cccnc45)cc3)CC2)cc1O. The van der Waals surface area contributed by atoms with Gasteiger partial charge in [-0.05, 0) is 48.0 Å². The van der Waals surface area contributed by atoms with E-state index in [1.54, 1.807) is 37.6 Å². The molecule has 1 fully saturated rings. The number of para-hydroxylation sites is 1. The summed E-state index contributed by atoms with van der Waals surface area (Å²) < 4.78 is 10.7. The Morgan fingerprint density at radius 2 is 1.77 bits per heavy atom. The van der Waals surface area contributed by atoms with Crippen molar-refractivity contribution in [2.45, 2.75) is 12.8 Å². The first-order valence-electron chi connectivity index (χ1n) is 12.8. The third-order valence-corrected chi connectivity index (χ3v) is 6.86. The van der Waals surface area contributed by atoms with Crippen LogP contribution in [0.2, 0.25) is 0 Å². The van der Waals surface area contributed by atoms with Crippen LogP contribution in [-0.2, 0) is 16.1 Å². The van der Waals surface area contributed by atoms with Gasteiger partial charge >= 0.3 is 0 Å². The first-order chi connectivity index (χ1) is 19.1. The van der Waals surface area contributed by atoms with Crippen molar-refractivity contribution in [3.8, 4) is 11.5 Å². The Hall–Kier alpha value is -4.18. The van der Waals surface area contributed by atoms with E-state index in [0.29, 0.717) is 36.6 Å². The highest BCUT2D eigenvalue weighted by atomic mass is 16.8. The predicted molar refractivity (Wildman–Crippen MR) is 148 cm³/mol. The standard InChI is InChI=1S/C30H32N4O5/c1-37-27-13-8-21(19-26(27)35)20-33-15-17-34(18-16-33)29(36)23-9-11-24(12-10-23)32-39-30(38-2)25-7-3-5-22-6-4-14-31-28(22)25/h3-14,19,30,32,35H,15-18,20H2,1-2H3. The molecule has 1 unspecified atom stereocenters. The first-order valence-corrected chi connectivity index (χ1v) is 12.8. The van der Waals surface area contributed by atoms with Crippen LogP contribution < -0.4 is 10.2 Å². The third-order valence-electron chi connectivity index (χ3n) is 6.86. The molecule has 1 saturated heterocycles. The van der Waals surface area contributed by atoms with E-state index in [9.17, 15) is 9.90 Å². The van der Waals surface area contributed by atoms with Crippen LogP contribution in [0.1, 0.15) is 27.8 Å². The van der Waals surface area contributed by atoms with Crippen LogP contribution >= 0.6 is 0 Å². The van der Waals surface area contributed by atoms with E-state index in [1.165, 1.54) is 7.11 Å². The van der Waals surface area contributed by atoms with Crippen LogP contribution in [0.25, 0.3) is 10.9 Å². The summed E-state index contributed by atoms with van der Waals surface area (Å²) in [6.07, 6.45) is 1.08. The number of fused-ring (bicyclic) bond motifs is 1. The quantitative estimate of drug-likeness (QED) is 0.241. The molecule has 5 rings (SSSR count). The van der Waals surface area contributed by atoms with E-state index in [4.69, 9.17) is 14.3 Å². The van der Waals surface area contributed by atoms with Gasteiger partial charge in [0.25, 0.3) is 5.91 Å². The number of aromatic hydroxyl groups is 1. The average molecular weight is 529 g/mol. The second-order valence-corrected chi connectivity index (χ2v) is 9.36. The molecule has 2 N–H and O–H groups in total. The number of ether oxygens (including phenoxy) is 2. The molecule has 1 amide bonds. The number of anilines is 1. The number of phenols is 1. The molecule has 0 radical (unpaired) electrons. The van der Waals surface area contributed by atoms with Crippen LogP contribution in [0.4, 0.5) is 5.69 Å². The molecule has 4 aromatic rings. The lowest BCUT2D eigenvalue weighted by atomic mass is 10.1. The Morgan fingerprint density at radius 3 is 2.49 bits per heavy atom. The Morgan fingerprint density at radius 1 is 1.00 bits per heavy atom. The van der Waals surface area contributed by atoms with Gasteiger partial charge in [0.15, 0.2) is 11.5 Å². The van der Waals surface area contributed by atoms with Gasteiger partial charge in [-0.15, -0.1) is 0 Å². The summed E-state index contributed by atoms with van der Waals surface area (Å²) in [7, 11) is 3.11. The van der Waals surface area contributed by atoms with E-state index in [0.717, 1.165) is 35.1 Å². The number of aromatic nitrogens is 1. The van der Waals surface area contributed by atoms with Crippen LogP contribution in [0.3, 0.4) is 0 Å². The van der Waals surface area contributed by atoms with Gasteiger partial charge in [0.2, 0.25) is 6.29 Å². The monoisotopic (exact) mass is 528 g/mol. The molecule has 2 heterocycles. The lowest BCUT2D eigenvalue weighted by Crippen LogP contribution is -2.48. The maximum atomic E-state index is 13.1. The molecule has 39 heavy (non-hydrogen) atoms. The number of piperazine rings is 1. The van der Waals surface area contributed by atoms with E-state index in [-0.39, 0.29) is 11.7 Å². The van der Waals surface area contributed by atoms with Gasteiger partial charge < -0.3 is 19.5 Å². The minimum absolute atomic E-state index is 0.000748. The van der Waals surface area contributed by atoms with Gasteiger partial charge in [0.1, 0.15) is 0 Å². The first kappa shape index (κ1) is 26.4. The number of benzene rings is 3. The highest BCUT2D eigenvalue weighted by Gasteiger charge is 2.23. The zero-order valence-corrected chi connectivity index (χ0v) is 22.0. The van der Waals surface area contributed by atoms with Crippen molar-refractivity contribution in [1.29, 1.82) is 0 Å². The van der Waals surface area contributed by atoms with Crippen molar-refractivity contribution in [2.24, 2.45) is 0 Å². The number of amides is 1. The fourth-order valence-electron chi connectivity index (χ4n) is 4.74. The lowest BCUT2D eigenvalue weighted by Gasteiger charge is -2.34. The second kappa shape index (κ2) is 12.1. The van der Waals surface area contributed by atoms with E-state index >= 15 is 0 Å². The summed E-state index contributed by atoms with van der Waals surface area (Å²) >= 11 is 0. The van der Waals surface area contributed by atoms with Crippen molar-refractivity contribution in [2.75, 3.05) is 45.9 Å². The molecule has 0 saturated carbocycles. The fraction of sp³-hybridized carbons (Fsp3) is 0.267. The zero-order valence-electron chi connectivity index (χ0n) is 22.0. The molecular formula is C30H32N4O5. The predicted octanol–water partition coefficient (Wildman–Crippen LogP) is 4.60. The molecule has 0 spiro atoms. The van der Waals surface area contributed by atoms with Gasteiger partial charge in [-0.2, -0.15) is 0 Å². The molecule has 9 heteroatoms. The van der Waals surface area contributed by atoms with Crippen molar-refractivity contribution < 1.29 is 24.2 Å². The number of phenolic OH excluding ortho intramolecular Hbond substituents is 1. The van der Waals surface area contributed by atoms with Crippen LogP contribution in [0, 0.1) is 0 Å². The number of methoxy groups -OCH3 is 2. The number of hydrogen-bond acceptors (Lipinski definition) is 8. The number of nitrogens with one attached hydrogen (secondary N) is 1. The summed E-state index contributed by atoms with van der Waals surface area (Å²) in [5, 5.41) is 11.0. The highest BCUT2D eigenvalue weighted by molar-refractivity contribution is 5.94. The minimum atomic E-state index is -0.664. The molecule has 0 aliphatic carbocycles. The summed E-state index contributed by atoms with van der Waals surface area (Å²) in [5.41, 5.74) is 6.90. The van der Waals surface area contributed by atoms with Crippen molar-refractivity contribution >= 4 is 22.5 Å². The fourth-order valence-corrected chi connectivity index (χ4v) is 4.74. The van der Waals surface area contributed by atoms with Crippen LogP contribution in [-0.4, -0.2) is 66.2 Å². The summed E-state index contributed by atoms with van der Waals surface area (Å²) in [6, 6.07) is 22.4. The van der Waals surface area contributed by atoms with E-state index in [1.807, 2.05) is 53.4 Å². The average Bonchev–Trinajstić information content (AvgIpc) is 2.98. The molecule has 1 aliphatic rings. The normalized spacial score (nSPS) is 14.8. The van der Waals surface area contributed by atoms with Crippen molar-refractivity contribution in [3.63, 3.8) is 0 Å². The maximum Gasteiger partial charge on any atom is 0.253 e. The van der Waals surface area contributed by atoms with Crippen molar-refractivity contribution in [3.05, 3.63) is 95.7 Å². The number of rotatable bonds is 9. The van der Waals surface area contributed by atoms with Crippen LogP contribution in [0.5, 0.6) is 11.5 Å².